The minimum Gasteiger partial charge on any atom is -0.457 e. The van der Waals surface area contributed by atoms with Crippen LogP contribution in [-0.4, -0.2) is 66.0 Å². The summed E-state index contributed by atoms with van der Waals surface area (Å²) >= 11 is 0. The third-order valence-corrected chi connectivity index (χ3v) is 7.11. The Bertz CT molecular complexity index is 1210. The van der Waals surface area contributed by atoms with Crippen LogP contribution < -0.4 is 15.4 Å². The molecule has 1 saturated heterocycles. The maximum Gasteiger partial charge on any atom is 0.322 e. The number of carbonyl (C=O) groups is 3. The maximum atomic E-state index is 13.7. The van der Waals surface area contributed by atoms with Crippen molar-refractivity contribution in [2.24, 2.45) is 0 Å². The van der Waals surface area contributed by atoms with E-state index in [0.717, 1.165) is 18.4 Å². The van der Waals surface area contributed by atoms with Gasteiger partial charge in [-0.3, -0.25) is 14.5 Å². The van der Waals surface area contributed by atoms with Gasteiger partial charge >= 0.3 is 6.03 Å². The minimum absolute atomic E-state index is 0.0175. The zero-order chi connectivity index (χ0) is 25.9. The number of carbonyl (C=O) groups excluding carboxylic acids is 3. The summed E-state index contributed by atoms with van der Waals surface area (Å²) in [4.78, 5) is 42.8. The molecule has 0 saturated carbocycles. The summed E-state index contributed by atoms with van der Waals surface area (Å²) in [7, 11) is 0. The monoisotopic (exact) mass is 504 g/mol. The normalized spacial score (nSPS) is 22.1. The van der Waals surface area contributed by atoms with Crippen LogP contribution in [0.15, 0.2) is 65.9 Å². The number of rotatable bonds is 8. The molecule has 5 rings (SSSR count). The minimum atomic E-state index is -0.693. The quantitative estimate of drug-likeness (QED) is 0.574. The van der Waals surface area contributed by atoms with Crippen molar-refractivity contribution in [2.75, 3.05) is 26.2 Å². The number of urea groups is 1. The van der Waals surface area contributed by atoms with Gasteiger partial charge in [0.2, 0.25) is 5.91 Å². The van der Waals surface area contributed by atoms with Gasteiger partial charge in [0.1, 0.15) is 17.5 Å². The number of likely N-dealkylation sites (N-methyl/N-ethyl adjacent to an activating group) is 1. The maximum absolute atomic E-state index is 13.7. The second-order valence-corrected chi connectivity index (χ2v) is 9.46. The number of nitrogens with one attached hydrogen (secondary N) is 2. The van der Waals surface area contributed by atoms with E-state index in [-0.39, 0.29) is 30.5 Å². The lowest BCUT2D eigenvalue weighted by Gasteiger charge is -2.33. The van der Waals surface area contributed by atoms with E-state index in [9.17, 15) is 14.4 Å². The molecule has 37 heavy (non-hydrogen) atoms. The molecular formula is C28H32N4O5. The highest BCUT2D eigenvalue weighted by Crippen LogP contribution is 2.38. The Hall–Kier alpha value is -3.85. The third-order valence-electron chi connectivity index (χ3n) is 7.11. The van der Waals surface area contributed by atoms with Crippen LogP contribution in [0, 0.1) is 0 Å². The van der Waals surface area contributed by atoms with Gasteiger partial charge < -0.3 is 25.0 Å². The first-order chi connectivity index (χ1) is 18.0. The Labute approximate surface area is 216 Å². The van der Waals surface area contributed by atoms with Gasteiger partial charge in [-0.25, -0.2) is 4.79 Å². The van der Waals surface area contributed by atoms with Gasteiger partial charge in [0.05, 0.1) is 30.0 Å². The van der Waals surface area contributed by atoms with E-state index < -0.39 is 12.1 Å². The average molecular weight is 505 g/mol. The van der Waals surface area contributed by atoms with Crippen LogP contribution in [0.2, 0.25) is 0 Å². The smallest absolute Gasteiger partial charge is 0.322 e. The molecule has 2 aromatic carbocycles. The second kappa shape index (κ2) is 10.6. The van der Waals surface area contributed by atoms with E-state index in [2.05, 4.69) is 10.6 Å². The molecule has 1 fully saturated rings. The number of para-hydroxylation sites is 1. The molecule has 2 N–H and O–H groups in total. The molecule has 3 atom stereocenters. The molecule has 0 aromatic heterocycles. The van der Waals surface area contributed by atoms with Gasteiger partial charge in [0, 0.05) is 19.7 Å². The van der Waals surface area contributed by atoms with Gasteiger partial charge in [-0.2, -0.15) is 0 Å². The van der Waals surface area contributed by atoms with Crippen molar-refractivity contribution >= 4 is 17.8 Å². The van der Waals surface area contributed by atoms with Gasteiger partial charge in [0.15, 0.2) is 0 Å². The Morgan fingerprint density at radius 2 is 1.95 bits per heavy atom. The molecule has 3 unspecified atom stereocenters. The molecular weight excluding hydrogens is 472 g/mol. The van der Waals surface area contributed by atoms with E-state index in [1.807, 2.05) is 61.5 Å². The molecule has 2 aromatic rings. The molecule has 0 spiro atoms. The largest absolute Gasteiger partial charge is 0.457 e. The highest BCUT2D eigenvalue weighted by molar-refractivity contribution is 6.03. The average Bonchev–Trinajstić information content (AvgIpc) is 3.55. The van der Waals surface area contributed by atoms with Crippen molar-refractivity contribution in [1.29, 1.82) is 0 Å². The van der Waals surface area contributed by atoms with Crippen LogP contribution in [0.1, 0.15) is 38.3 Å². The lowest BCUT2D eigenvalue weighted by molar-refractivity contribution is -0.136. The molecule has 9 nitrogen and oxygen atoms in total. The standard InChI is InChI=1S/C28H32N4O5/c1-3-31-23-17-32(18(2)26(33)29-16-22-13-8-14-36-22)27(34)24(23)25(30-28(31)35)19-9-7-12-21(15-19)37-20-10-5-4-6-11-20/h4-7,9-12,15,18,22,25H,3,8,13-14,16-17H2,1-2H3,(H,29,33)(H,30,35). The van der Waals surface area contributed by atoms with Gasteiger partial charge in [-0.15, -0.1) is 0 Å². The van der Waals surface area contributed by atoms with E-state index in [4.69, 9.17) is 9.47 Å². The Morgan fingerprint density at radius 1 is 1.16 bits per heavy atom. The van der Waals surface area contributed by atoms with Crippen molar-refractivity contribution in [3.8, 4) is 11.5 Å². The third kappa shape index (κ3) is 5.04. The Morgan fingerprint density at radius 3 is 2.68 bits per heavy atom. The van der Waals surface area contributed by atoms with E-state index in [1.165, 1.54) is 4.90 Å². The highest BCUT2D eigenvalue weighted by Gasteiger charge is 2.46. The second-order valence-electron chi connectivity index (χ2n) is 9.46. The van der Waals surface area contributed by atoms with Gasteiger partial charge in [0.25, 0.3) is 5.91 Å². The molecule has 194 valence electrons. The van der Waals surface area contributed by atoms with Crippen molar-refractivity contribution in [3.63, 3.8) is 0 Å². The first-order valence-corrected chi connectivity index (χ1v) is 12.8. The Kier molecular flexibility index (Phi) is 7.14. The molecule has 4 amide bonds. The highest BCUT2D eigenvalue weighted by atomic mass is 16.5. The first kappa shape index (κ1) is 24.8. The summed E-state index contributed by atoms with van der Waals surface area (Å²) in [5, 5.41) is 5.91. The molecule has 0 bridgehead atoms. The predicted molar refractivity (Wildman–Crippen MR) is 137 cm³/mol. The van der Waals surface area contributed by atoms with Crippen LogP contribution in [0.3, 0.4) is 0 Å². The lowest BCUT2D eigenvalue weighted by atomic mass is 9.95. The number of hydrogen-bond acceptors (Lipinski definition) is 5. The number of hydrogen-bond donors (Lipinski definition) is 2. The predicted octanol–water partition coefficient (Wildman–Crippen LogP) is 3.35. The summed E-state index contributed by atoms with van der Waals surface area (Å²) in [6.45, 7) is 5.33. The molecule has 0 radical (unpaired) electrons. The van der Waals surface area contributed by atoms with Crippen LogP contribution in [0.4, 0.5) is 4.79 Å². The summed E-state index contributed by atoms with van der Waals surface area (Å²) in [6.07, 6.45) is 1.93. The lowest BCUT2D eigenvalue weighted by Crippen LogP contribution is -2.48. The van der Waals surface area contributed by atoms with E-state index in [1.54, 1.807) is 11.8 Å². The summed E-state index contributed by atoms with van der Waals surface area (Å²) in [5.74, 6) is 0.797. The number of amides is 4. The zero-order valence-electron chi connectivity index (χ0n) is 21.1. The first-order valence-electron chi connectivity index (χ1n) is 12.8. The van der Waals surface area contributed by atoms with Crippen molar-refractivity contribution in [2.45, 2.75) is 44.9 Å². The van der Waals surface area contributed by atoms with E-state index in [0.29, 0.717) is 42.5 Å². The van der Waals surface area contributed by atoms with Crippen molar-refractivity contribution in [1.82, 2.24) is 20.4 Å². The fourth-order valence-corrected chi connectivity index (χ4v) is 5.10. The van der Waals surface area contributed by atoms with Crippen molar-refractivity contribution in [3.05, 3.63) is 71.4 Å². The molecule has 3 heterocycles. The molecule has 0 aliphatic carbocycles. The van der Waals surface area contributed by atoms with Crippen LogP contribution >= 0.6 is 0 Å². The Balaban J connectivity index is 1.37. The van der Waals surface area contributed by atoms with Gasteiger partial charge in [-0.1, -0.05) is 30.3 Å². The molecule has 3 aliphatic heterocycles. The van der Waals surface area contributed by atoms with Crippen LogP contribution in [0.25, 0.3) is 0 Å². The SMILES string of the molecule is CCN1C(=O)NC(c2cccc(Oc3ccccc3)c2)C2=C1CN(C(C)C(=O)NCC1CCCO1)C2=O. The fraction of sp³-hybridized carbons (Fsp3) is 0.393. The van der Waals surface area contributed by atoms with Crippen LogP contribution in [0.5, 0.6) is 11.5 Å². The topological polar surface area (TPSA) is 100 Å². The number of nitrogens with zero attached hydrogens (tertiary/aromatic N) is 2. The number of ether oxygens (including phenoxy) is 2. The van der Waals surface area contributed by atoms with Crippen molar-refractivity contribution < 1.29 is 23.9 Å². The zero-order valence-corrected chi connectivity index (χ0v) is 21.1. The fourth-order valence-electron chi connectivity index (χ4n) is 5.10. The number of benzene rings is 2. The van der Waals surface area contributed by atoms with Crippen LogP contribution in [-0.2, 0) is 14.3 Å². The molecule has 9 heteroatoms. The summed E-state index contributed by atoms with van der Waals surface area (Å²) < 4.78 is 11.6. The van der Waals surface area contributed by atoms with E-state index >= 15 is 0 Å². The summed E-state index contributed by atoms with van der Waals surface area (Å²) in [6, 6.07) is 15.2. The summed E-state index contributed by atoms with van der Waals surface area (Å²) in [5.41, 5.74) is 1.85. The van der Waals surface area contributed by atoms with Gasteiger partial charge in [-0.05, 0) is 56.5 Å². The molecule has 3 aliphatic rings.